The van der Waals surface area contributed by atoms with Gasteiger partial charge in [-0.15, -0.1) is 0 Å². The maximum atomic E-state index is 11.9. The lowest BCUT2D eigenvalue weighted by Gasteiger charge is -2.08. The van der Waals surface area contributed by atoms with Crippen molar-refractivity contribution in [1.82, 2.24) is 0 Å². The molecule has 0 aliphatic carbocycles. The van der Waals surface area contributed by atoms with Crippen molar-refractivity contribution in [1.29, 1.82) is 0 Å². The van der Waals surface area contributed by atoms with Gasteiger partial charge in [0.2, 0.25) is 0 Å². The molecule has 5 heteroatoms. The number of rotatable bonds is 3. The topological polar surface area (TPSA) is 26.3 Å². The summed E-state index contributed by atoms with van der Waals surface area (Å²) in [4.78, 5) is 11.0. The van der Waals surface area contributed by atoms with Gasteiger partial charge in [-0.1, -0.05) is 11.6 Å². The summed E-state index contributed by atoms with van der Waals surface area (Å²) in [6, 6.07) is 3.98. The van der Waals surface area contributed by atoms with E-state index in [0.717, 1.165) is 0 Å². The van der Waals surface area contributed by atoms with E-state index >= 15 is 0 Å². The molecule has 0 aliphatic rings. The summed E-state index contributed by atoms with van der Waals surface area (Å²) in [5.74, 6) is -0.544. The highest BCUT2D eigenvalue weighted by Crippen LogP contribution is 2.25. The van der Waals surface area contributed by atoms with Gasteiger partial charge in [0, 0.05) is 5.02 Å². The highest BCUT2D eigenvalue weighted by atomic mass is 35.5. The normalized spacial score (nSPS) is 10.4. The van der Waals surface area contributed by atoms with Crippen molar-refractivity contribution in [2.45, 2.75) is 13.5 Å². The highest BCUT2D eigenvalue weighted by molar-refractivity contribution is 6.30. The Bertz CT molecular complexity index is 353. The van der Waals surface area contributed by atoms with Crippen molar-refractivity contribution in [2.24, 2.45) is 0 Å². The molecule has 0 fully saturated rings. The van der Waals surface area contributed by atoms with Gasteiger partial charge >= 0.3 is 6.61 Å². The average molecular weight is 221 g/mol. The van der Waals surface area contributed by atoms with E-state index in [1.54, 1.807) is 0 Å². The Morgan fingerprint density at radius 3 is 2.64 bits per heavy atom. The molecule has 1 aromatic rings. The molecule has 1 aromatic carbocycles. The molecule has 0 spiro atoms. The van der Waals surface area contributed by atoms with Crippen molar-refractivity contribution < 1.29 is 18.3 Å². The predicted molar refractivity (Wildman–Crippen MR) is 48.1 cm³/mol. The Kier molecular flexibility index (Phi) is 3.41. The summed E-state index contributed by atoms with van der Waals surface area (Å²) >= 11 is 5.57. The second-order valence-electron chi connectivity index (χ2n) is 2.58. The highest BCUT2D eigenvalue weighted by Gasteiger charge is 2.12. The second-order valence-corrected chi connectivity index (χ2v) is 3.01. The molecule has 76 valence electrons. The molecule has 1 rings (SSSR count). The van der Waals surface area contributed by atoms with E-state index in [1.165, 1.54) is 25.1 Å². The summed E-state index contributed by atoms with van der Waals surface area (Å²) in [5.41, 5.74) is 0.0923. The minimum atomic E-state index is -2.97. The number of benzene rings is 1. The minimum Gasteiger partial charge on any atom is -0.434 e. The summed E-state index contributed by atoms with van der Waals surface area (Å²) in [7, 11) is 0. The van der Waals surface area contributed by atoms with Crippen molar-refractivity contribution >= 4 is 17.4 Å². The van der Waals surface area contributed by atoms with E-state index in [1.807, 2.05) is 0 Å². The first kappa shape index (κ1) is 10.9. The Labute approximate surface area is 84.4 Å². The molecule has 0 aromatic heterocycles. The lowest BCUT2D eigenvalue weighted by Crippen LogP contribution is -2.06. The average Bonchev–Trinajstić information content (AvgIpc) is 2.01. The van der Waals surface area contributed by atoms with E-state index in [9.17, 15) is 13.6 Å². The third kappa shape index (κ3) is 2.67. The lowest BCUT2D eigenvalue weighted by atomic mass is 10.1. The van der Waals surface area contributed by atoms with Gasteiger partial charge in [-0.25, -0.2) is 0 Å². The number of ketones is 1. The third-order valence-electron chi connectivity index (χ3n) is 1.54. The van der Waals surface area contributed by atoms with Crippen LogP contribution in [0.3, 0.4) is 0 Å². The Morgan fingerprint density at radius 1 is 1.50 bits per heavy atom. The van der Waals surface area contributed by atoms with Crippen LogP contribution in [0.1, 0.15) is 17.3 Å². The number of Topliss-reactive ketones (excluding diaryl/α,β-unsaturated/α-hetero) is 1. The van der Waals surface area contributed by atoms with Gasteiger partial charge in [-0.2, -0.15) is 8.78 Å². The number of halogens is 3. The standard InChI is InChI=1S/C9H7ClF2O2/c1-5(13)7-3-2-6(10)4-8(7)14-9(11)12/h2-4,9H,1H3. The van der Waals surface area contributed by atoms with Crippen molar-refractivity contribution in [2.75, 3.05) is 0 Å². The fourth-order valence-electron chi connectivity index (χ4n) is 0.981. The largest absolute Gasteiger partial charge is 0.434 e. The minimum absolute atomic E-state index is 0.0923. The summed E-state index contributed by atoms with van der Waals surface area (Å²) < 4.78 is 28.0. The maximum absolute atomic E-state index is 11.9. The van der Waals surface area contributed by atoms with Crippen LogP contribution in [0.15, 0.2) is 18.2 Å². The van der Waals surface area contributed by atoms with Crippen LogP contribution in [0.25, 0.3) is 0 Å². The molecule has 0 unspecified atom stereocenters. The van der Waals surface area contributed by atoms with Gasteiger partial charge in [-0.05, 0) is 25.1 Å². The van der Waals surface area contributed by atoms with E-state index < -0.39 is 6.61 Å². The maximum Gasteiger partial charge on any atom is 0.387 e. The predicted octanol–water partition coefficient (Wildman–Crippen LogP) is 3.14. The van der Waals surface area contributed by atoms with Gasteiger partial charge in [0.05, 0.1) is 5.56 Å². The van der Waals surface area contributed by atoms with Crippen LogP contribution in [0.5, 0.6) is 5.75 Å². The number of hydrogen-bond donors (Lipinski definition) is 0. The summed E-state index contributed by atoms with van der Waals surface area (Å²) in [5, 5.41) is 0.241. The number of carbonyl (C=O) groups excluding carboxylic acids is 1. The second kappa shape index (κ2) is 4.37. The van der Waals surface area contributed by atoms with Crippen molar-refractivity contribution in [3.8, 4) is 5.75 Å². The fourth-order valence-corrected chi connectivity index (χ4v) is 1.14. The number of ether oxygens (including phenoxy) is 1. The van der Waals surface area contributed by atoms with E-state index in [2.05, 4.69) is 4.74 Å². The molecule has 0 radical (unpaired) electrons. The first-order valence-corrected chi connectivity index (χ1v) is 4.14. The van der Waals surface area contributed by atoms with Crippen LogP contribution in [-0.4, -0.2) is 12.4 Å². The monoisotopic (exact) mass is 220 g/mol. The quantitative estimate of drug-likeness (QED) is 0.732. The van der Waals surface area contributed by atoms with Crippen LogP contribution in [0, 0.1) is 0 Å². The van der Waals surface area contributed by atoms with Crippen LogP contribution in [0.2, 0.25) is 5.02 Å². The number of carbonyl (C=O) groups is 1. The van der Waals surface area contributed by atoms with Crippen LogP contribution in [0.4, 0.5) is 8.78 Å². The molecule has 2 nitrogen and oxygen atoms in total. The zero-order valence-electron chi connectivity index (χ0n) is 7.26. The van der Waals surface area contributed by atoms with Gasteiger partial charge in [-0.3, -0.25) is 4.79 Å². The molecule has 0 saturated heterocycles. The number of alkyl halides is 2. The van der Waals surface area contributed by atoms with E-state index in [4.69, 9.17) is 11.6 Å². The smallest absolute Gasteiger partial charge is 0.387 e. The van der Waals surface area contributed by atoms with Crippen molar-refractivity contribution in [3.05, 3.63) is 28.8 Å². The van der Waals surface area contributed by atoms with E-state index in [0.29, 0.717) is 0 Å². The molecule has 0 bridgehead atoms. The molecular weight excluding hydrogens is 214 g/mol. The molecule has 0 atom stereocenters. The first-order chi connectivity index (χ1) is 6.50. The molecule has 0 heterocycles. The Balaban J connectivity index is 3.09. The first-order valence-electron chi connectivity index (χ1n) is 3.76. The van der Waals surface area contributed by atoms with E-state index in [-0.39, 0.29) is 22.1 Å². The fraction of sp³-hybridized carbons (Fsp3) is 0.222. The van der Waals surface area contributed by atoms with Crippen LogP contribution in [-0.2, 0) is 0 Å². The molecule has 14 heavy (non-hydrogen) atoms. The third-order valence-corrected chi connectivity index (χ3v) is 1.77. The Morgan fingerprint density at radius 2 is 2.14 bits per heavy atom. The SMILES string of the molecule is CC(=O)c1ccc(Cl)cc1OC(F)F. The van der Waals surface area contributed by atoms with Gasteiger partial charge in [0.25, 0.3) is 0 Å². The molecule has 0 aliphatic heterocycles. The number of hydrogen-bond acceptors (Lipinski definition) is 2. The van der Waals surface area contributed by atoms with Crippen molar-refractivity contribution in [3.63, 3.8) is 0 Å². The summed E-state index contributed by atoms with van der Waals surface area (Å²) in [6.45, 7) is -1.70. The van der Waals surface area contributed by atoms with Crippen LogP contribution >= 0.6 is 11.6 Å². The lowest BCUT2D eigenvalue weighted by molar-refractivity contribution is -0.0501. The zero-order chi connectivity index (χ0) is 10.7. The molecule has 0 N–H and O–H groups in total. The van der Waals surface area contributed by atoms with Crippen LogP contribution < -0.4 is 4.74 Å². The molecule has 0 amide bonds. The zero-order valence-corrected chi connectivity index (χ0v) is 8.02. The van der Waals surface area contributed by atoms with Gasteiger partial charge in [0.1, 0.15) is 5.75 Å². The molecule has 0 saturated carbocycles. The summed E-state index contributed by atoms with van der Waals surface area (Å²) in [6.07, 6.45) is 0. The van der Waals surface area contributed by atoms with Gasteiger partial charge < -0.3 is 4.74 Å². The molecular formula is C9H7ClF2O2. The Hall–Kier alpha value is -1.16. The van der Waals surface area contributed by atoms with Gasteiger partial charge in [0.15, 0.2) is 5.78 Å².